The van der Waals surface area contributed by atoms with Crippen molar-refractivity contribution in [3.63, 3.8) is 0 Å². The van der Waals surface area contributed by atoms with E-state index in [2.05, 4.69) is 9.97 Å². The van der Waals surface area contributed by atoms with Gasteiger partial charge in [0.25, 0.3) is 0 Å². The highest BCUT2D eigenvalue weighted by Crippen LogP contribution is 2.28. The molecule has 0 radical (unpaired) electrons. The van der Waals surface area contributed by atoms with Gasteiger partial charge in [0.1, 0.15) is 5.03 Å². The highest BCUT2D eigenvalue weighted by Gasteiger charge is 2.28. The van der Waals surface area contributed by atoms with E-state index in [0.717, 1.165) is 15.9 Å². The van der Waals surface area contributed by atoms with Gasteiger partial charge in [-0.15, -0.1) is 11.8 Å². The van der Waals surface area contributed by atoms with Crippen LogP contribution >= 0.6 is 11.8 Å². The first-order valence-corrected chi connectivity index (χ1v) is 8.97. The predicted molar refractivity (Wildman–Crippen MR) is 93.9 cm³/mol. The first kappa shape index (κ1) is 15.8. The Balaban J connectivity index is 1.59. The van der Waals surface area contributed by atoms with Gasteiger partial charge in [-0.05, 0) is 18.2 Å². The molecule has 126 valence electrons. The summed E-state index contributed by atoms with van der Waals surface area (Å²) in [5.74, 6) is 1.55. The van der Waals surface area contributed by atoms with E-state index in [1.807, 2.05) is 30.3 Å². The van der Waals surface area contributed by atoms with E-state index in [1.54, 1.807) is 12.3 Å². The van der Waals surface area contributed by atoms with Crippen LogP contribution in [-0.4, -0.2) is 39.0 Å². The summed E-state index contributed by atoms with van der Waals surface area (Å²) in [6, 6.07) is 11.4. The smallest absolute Gasteiger partial charge is 0.229 e. The number of hydrogen-bond donors (Lipinski definition) is 0. The number of aromatic nitrogens is 2. The van der Waals surface area contributed by atoms with Crippen molar-refractivity contribution in [1.82, 2.24) is 14.9 Å². The third-order valence-electron chi connectivity index (χ3n) is 4.02. The van der Waals surface area contributed by atoms with Crippen LogP contribution in [0.2, 0.25) is 0 Å². The molecule has 1 aliphatic rings. The van der Waals surface area contributed by atoms with Crippen LogP contribution in [-0.2, 0) is 9.59 Å². The summed E-state index contributed by atoms with van der Waals surface area (Å²) in [5.41, 5.74) is 0.833. The van der Waals surface area contributed by atoms with Crippen molar-refractivity contribution >= 4 is 34.5 Å². The van der Waals surface area contributed by atoms with Crippen LogP contribution in [0.3, 0.4) is 0 Å². The van der Waals surface area contributed by atoms with Crippen LogP contribution in [0.4, 0.5) is 0 Å². The number of thioether (sulfide) groups is 1. The molecule has 0 unspecified atom stereocenters. The summed E-state index contributed by atoms with van der Waals surface area (Å²) in [6.07, 6.45) is 2.23. The van der Waals surface area contributed by atoms with Gasteiger partial charge in [-0.2, -0.15) is 0 Å². The van der Waals surface area contributed by atoms with Gasteiger partial charge in [-0.3, -0.25) is 14.5 Å². The lowest BCUT2D eigenvalue weighted by molar-refractivity contribution is -0.137. The molecule has 0 aliphatic carbocycles. The van der Waals surface area contributed by atoms with Crippen LogP contribution < -0.4 is 0 Å². The maximum Gasteiger partial charge on any atom is 0.229 e. The third-order valence-corrected chi connectivity index (χ3v) is 4.99. The maximum absolute atomic E-state index is 11.7. The Bertz CT molecular complexity index is 924. The first-order valence-electron chi connectivity index (χ1n) is 7.99. The van der Waals surface area contributed by atoms with Crippen molar-refractivity contribution in [3.8, 4) is 11.6 Å². The van der Waals surface area contributed by atoms with Crippen molar-refractivity contribution in [1.29, 1.82) is 0 Å². The third kappa shape index (κ3) is 3.15. The highest BCUT2D eigenvalue weighted by atomic mass is 32.2. The minimum Gasteiger partial charge on any atom is -0.461 e. The van der Waals surface area contributed by atoms with Crippen molar-refractivity contribution in [2.45, 2.75) is 17.9 Å². The van der Waals surface area contributed by atoms with Crippen molar-refractivity contribution in [2.24, 2.45) is 0 Å². The number of nitrogens with zero attached hydrogens (tertiary/aromatic N) is 3. The molecule has 3 aromatic rings. The standard InChI is InChI=1S/C18H15N3O3S/c22-15-7-8-16(23)21(15)9-11-25-18-12-4-1-2-5-13(12)19-17(20-18)14-6-3-10-24-14/h1-6,10H,7-9,11H2. The number of imide groups is 1. The monoisotopic (exact) mass is 353 g/mol. The molecule has 25 heavy (non-hydrogen) atoms. The zero-order valence-electron chi connectivity index (χ0n) is 13.3. The number of fused-ring (bicyclic) bond motifs is 1. The SMILES string of the molecule is O=C1CCC(=O)N1CCSc1nc(-c2ccco2)nc2ccccc12. The molecule has 0 N–H and O–H groups in total. The normalized spacial score (nSPS) is 14.6. The Morgan fingerprint density at radius 1 is 1.04 bits per heavy atom. The van der Waals surface area contributed by atoms with Crippen LogP contribution in [0.1, 0.15) is 12.8 Å². The second-order valence-corrected chi connectivity index (χ2v) is 6.72. The zero-order valence-corrected chi connectivity index (χ0v) is 14.2. The molecule has 0 atom stereocenters. The lowest BCUT2D eigenvalue weighted by Crippen LogP contribution is -2.31. The average molecular weight is 353 g/mol. The molecule has 1 fully saturated rings. The minimum atomic E-state index is -0.0885. The van der Waals surface area contributed by atoms with Crippen LogP contribution in [0.25, 0.3) is 22.5 Å². The quantitative estimate of drug-likeness (QED) is 0.398. The van der Waals surface area contributed by atoms with Gasteiger partial charge < -0.3 is 4.42 Å². The molecule has 1 aromatic carbocycles. The summed E-state index contributed by atoms with van der Waals surface area (Å²) in [6.45, 7) is 0.400. The summed E-state index contributed by atoms with van der Waals surface area (Å²) in [7, 11) is 0. The molecule has 7 heteroatoms. The summed E-state index contributed by atoms with van der Waals surface area (Å²) < 4.78 is 5.41. The van der Waals surface area contributed by atoms with Crippen molar-refractivity contribution in [3.05, 3.63) is 42.7 Å². The van der Waals surface area contributed by atoms with E-state index in [1.165, 1.54) is 16.7 Å². The Kier molecular flexibility index (Phi) is 4.23. The molecule has 0 spiro atoms. The van der Waals surface area contributed by atoms with E-state index in [9.17, 15) is 9.59 Å². The molecule has 4 rings (SSSR count). The molecule has 1 aliphatic heterocycles. The molecule has 0 bridgehead atoms. The van der Waals surface area contributed by atoms with E-state index < -0.39 is 0 Å². The van der Waals surface area contributed by atoms with Crippen molar-refractivity contribution in [2.75, 3.05) is 12.3 Å². The van der Waals surface area contributed by atoms with Crippen LogP contribution in [0.15, 0.2) is 52.1 Å². The van der Waals surface area contributed by atoms with E-state index in [-0.39, 0.29) is 11.8 Å². The number of hydrogen-bond acceptors (Lipinski definition) is 6. The number of benzene rings is 1. The Hall–Kier alpha value is -2.67. The van der Waals surface area contributed by atoms with Crippen LogP contribution in [0.5, 0.6) is 0 Å². The number of furan rings is 1. The second-order valence-electron chi connectivity index (χ2n) is 5.63. The Morgan fingerprint density at radius 3 is 2.60 bits per heavy atom. The number of carbonyl (C=O) groups excluding carboxylic acids is 2. The molecule has 0 saturated carbocycles. The first-order chi connectivity index (χ1) is 12.2. The van der Waals surface area contributed by atoms with Gasteiger partial charge in [-0.1, -0.05) is 18.2 Å². The topological polar surface area (TPSA) is 76.3 Å². The number of para-hydroxylation sites is 1. The molecule has 6 nitrogen and oxygen atoms in total. The molecule has 2 aromatic heterocycles. The number of likely N-dealkylation sites (tertiary alicyclic amines) is 1. The van der Waals surface area contributed by atoms with Gasteiger partial charge in [0.15, 0.2) is 11.6 Å². The fourth-order valence-electron chi connectivity index (χ4n) is 2.78. The lowest BCUT2D eigenvalue weighted by Gasteiger charge is -2.13. The predicted octanol–water partition coefficient (Wildman–Crippen LogP) is 3.13. The van der Waals surface area contributed by atoms with Crippen molar-refractivity contribution < 1.29 is 14.0 Å². The minimum absolute atomic E-state index is 0.0885. The largest absolute Gasteiger partial charge is 0.461 e. The number of rotatable bonds is 5. The zero-order chi connectivity index (χ0) is 17.2. The van der Waals surface area contributed by atoms with Gasteiger partial charge in [-0.25, -0.2) is 9.97 Å². The summed E-state index contributed by atoms with van der Waals surface area (Å²) >= 11 is 1.51. The Morgan fingerprint density at radius 2 is 1.84 bits per heavy atom. The van der Waals surface area contributed by atoms with Gasteiger partial charge >= 0.3 is 0 Å². The number of carbonyl (C=O) groups is 2. The van der Waals surface area contributed by atoms with Crippen LogP contribution in [0, 0.1) is 0 Å². The van der Waals surface area contributed by atoms with Gasteiger partial charge in [0.2, 0.25) is 11.8 Å². The molecule has 1 saturated heterocycles. The number of amides is 2. The molecule has 2 amide bonds. The maximum atomic E-state index is 11.7. The fourth-order valence-corrected chi connectivity index (χ4v) is 3.73. The average Bonchev–Trinajstić information content (AvgIpc) is 3.27. The fraction of sp³-hybridized carbons (Fsp3) is 0.222. The highest BCUT2D eigenvalue weighted by molar-refractivity contribution is 7.99. The lowest BCUT2D eigenvalue weighted by atomic mass is 10.2. The molecule has 3 heterocycles. The summed E-state index contributed by atoms with van der Waals surface area (Å²) in [4.78, 5) is 33.9. The van der Waals surface area contributed by atoms with E-state index in [0.29, 0.717) is 36.7 Å². The summed E-state index contributed by atoms with van der Waals surface area (Å²) in [5, 5.41) is 1.76. The molecular weight excluding hydrogens is 338 g/mol. The second kappa shape index (κ2) is 6.68. The van der Waals surface area contributed by atoms with E-state index in [4.69, 9.17) is 4.42 Å². The van der Waals surface area contributed by atoms with Gasteiger partial charge in [0.05, 0.1) is 11.8 Å². The Labute approximate surface area is 148 Å². The van der Waals surface area contributed by atoms with E-state index >= 15 is 0 Å². The molecular formula is C18H15N3O3S. The van der Waals surface area contributed by atoms with Gasteiger partial charge in [0, 0.05) is 30.5 Å².